The van der Waals surface area contributed by atoms with Crippen LogP contribution in [0.2, 0.25) is 0 Å². The number of hydrogen-bond acceptors (Lipinski definition) is 3. The van der Waals surface area contributed by atoms with Crippen LogP contribution < -0.4 is 10.1 Å². The van der Waals surface area contributed by atoms with Crippen LogP contribution in [0.15, 0.2) is 78.9 Å². The average Bonchev–Trinajstić information content (AvgIpc) is 2.83. The first-order chi connectivity index (χ1) is 15.9. The van der Waals surface area contributed by atoms with Crippen molar-refractivity contribution >= 4 is 16.7 Å². The second-order valence-electron chi connectivity index (χ2n) is 8.18. The molecule has 0 spiro atoms. The first-order valence-corrected chi connectivity index (χ1v) is 10.8. The minimum Gasteiger partial charge on any atom is -0.497 e. The van der Waals surface area contributed by atoms with E-state index in [9.17, 15) is 14.3 Å². The lowest BCUT2D eigenvalue weighted by Crippen LogP contribution is -2.22. The van der Waals surface area contributed by atoms with Crippen molar-refractivity contribution < 1.29 is 19.0 Å². The third-order valence-electron chi connectivity index (χ3n) is 5.99. The summed E-state index contributed by atoms with van der Waals surface area (Å²) in [5, 5.41) is 15.0. The normalized spacial score (nSPS) is 13.0. The van der Waals surface area contributed by atoms with Gasteiger partial charge in [0, 0.05) is 12.1 Å². The van der Waals surface area contributed by atoms with Crippen LogP contribution in [-0.2, 0) is 0 Å². The van der Waals surface area contributed by atoms with E-state index in [0.717, 1.165) is 33.2 Å². The number of carboxylic acids is 1. The zero-order valence-corrected chi connectivity index (χ0v) is 18.8. The van der Waals surface area contributed by atoms with Crippen LogP contribution >= 0.6 is 0 Å². The number of benzene rings is 4. The molecule has 0 radical (unpaired) electrons. The first kappa shape index (κ1) is 22.5. The van der Waals surface area contributed by atoms with E-state index in [1.165, 1.54) is 12.1 Å². The Morgan fingerprint density at radius 3 is 2.42 bits per heavy atom. The number of aromatic carboxylic acids is 1. The van der Waals surface area contributed by atoms with Crippen LogP contribution in [0.3, 0.4) is 0 Å². The van der Waals surface area contributed by atoms with E-state index in [1.807, 2.05) is 42.5 Å². The van der Waals surface area contributed by atoms with Gasteiger partial charge >= 0.3 is 5.97 Å². The van der Waals surface area contributed by atoms with Crippen molar-refractivity contribution in [1.82, 2.24) is 5.32 Å². The molecule has 4 nitrogen and oxygen atoms in total. The van der Waals surface area contributed by atoms with Crippen LogP contribution in [0.25, 0.3) is 21.9 Å². The molecule has 0 fully saturated rings. The summed E-state index contributed by atoms with van der Waals surface area (Å²) in [6, 6.07) is 24.4. The molecule has 5 heteroatoms. The van der Waals surface area contributed by atoms with E-state index in [-0.39, 0.29) is 17.6 Å². The molecule has 4 rings (SSSR count). The van der Waals surface area contributed by atoms with Crippen molar-refractivity contribution in [3.05, 3.63) is 101 Å². The molecule has 0 aliphatic carbocycles. The molecule has 4 aromatic rings. The van der Waals surface area contributed by atoms with Gasteiger partial charge < -0.3 is 15.2 Å². The fourth-order valence-electron chi connectivity index (χ4n) is 4.16. The predicted octanol–water partition coefficient (Wildman–Crippen LogP) is 6.76. The predicted molar refractivity (Wildman–Crippen MR) is 129 cm³/mol. The highest BCUT2D eigenvalue weighted by atomic mass is 19.1. The maximum atomic E-state index is 14.0. The second-order valence-corrected chi connectivity index (χ2v) is 8.18. The number of nitrogens with one attached hydrogen (secondary N) is 1. The van der Waals surface area contributed by atoms with Gasteiger partial charge in [0.1, 0.15) is 11.6 Å². The number of hydrogen-bond donors (Lipinski definition) is 2. The van der Waals surface area contributed by atoms with Crippen molar-refractivity contribution in [2.45, 2.75) is 25.9 Å². The zero-order valence-electron chi connectivity index (χ0n) is 18.8. The number of ether oxygens (including phenoxy) is 1. The number of halogens is 1. The van der Waals surface area contributed by atoms with E-state index in [0.29, 0.717) is 5.56 Å². The minimum atomic E-state index is -1.28. The molecule has 0 amide bonds. The van der Waals surface area contributed by atoms with Crippen LogP contribution in [0.4, 0.5) is 4.39 Å². The van der Waals surface area contributed by atoms with Gasteiger partial charge in [-0.1, -0.05) is 42.5 Å². The van der Waals surface area contributed by atoms with Crippen molar-refractivity contribution in [2.75, 3.05) is 7.11 Å². The highest BCUT2D eigenvalue weighted by Crippen LogP contribution is 2.34. The maximum absolute atomic E-state index is 14.0. The van der Waals surface area contributed by atoms with Gasteiger partial charge in [-0.3, -0.25) is 0 Å². The Hall–Kier alpha value is -3.70. The molecule has 168 valence electrons. The van der Waals surface area contributed by atoms with Gasteiger partial charge in [-0.25, -0.2) is 9.18 Å². The summed E-state index contributed by atoms with van der Waals surface area (Å²) in [5.74, 6) is -1.21. The topological polar surface area (TPSA) is 58.6 Å². The molecular weight excluding hydrogens is 417 g/mol. The third kappa shape index (κ3) is 4.73. The average molecular weight is 444 g/mol. The molecule has 0 bridgehead atoms. The highest BCUT2D eigenvalue weighted by Gasteiger charge is 2.17. The number of carboxylic acid groups (broad SMARTS) is 1. The Balaban J connectivity index is 1.73. The van der Waals surface area contributed by atoms with Gasteiger partial charge in [0.05, 0.1) is 12.7 Å². The molecule has 1 unspecified atom stereocenters. The molecule has 0 heterocycles. The van der Waals surface area contributed by atoms with Gasteiger partial charge in [-0.15, -0.1) is 0 Å². The molecule has 2 N–H and O–H groups in total. The van der Waals surface area contributed by atoms with E-state index in [4.69, 9.17) is 4.74 Å². The van der Waals surface area contributed by atoms with Gasteiger partial charge in [0.25, 0.3) is 0 Å². The monoisotopic (exact) mass is 443 g/mol. The number of rotatable bonds is 7. The standard InChI is InChI=1S/C28H26FNO3/c1-17(19-8-6-9-23(14-19)33-3)30-18(2)22-13-20-7-4-5-10-24(20)25(16-22)21-11-12-27(29)26(15-21)28(31)32/h4-18,30H,1-3H3,(H,31,32)/t17-,18?/m1/s1. The van der Waals surface area contributed by atoms with Crippen molar-refractivity contribution in [1.29, 1.82) is 0 Å². The number of carbonyl (C=O) groups is 1. The van der Waals surface area contributed by atoms with Crippen LogP contribution in [0.1, 0.15) is 47.4 Å². The van der Waals surface area contributed by atoms with Crippen molar-refractivity contribution in [3.8, 4) is 16.9 Å². The zero-order chi connectivity index (χ0) is 23.5. The Morgan fingerprint density at radius 2 is 1.67 bits per heavy atom. The van der Waals surface area contributed by atoms with Crippen molar-refractivity contribution in [2.24, 2.45) is 0 Å². The van der Waals surface area contributed by atoms with Crippen LogP contribution in [-0.4, -0.2) is 18.2 Å². The Bertz CT molecular complexity index is 1320. The SMILES string of the molecule is COc1cccc([C@@H](C)NC(C)c2cc(-c3ccc(F)c(C(=O)O)c3)c3ccccc3c2)c1. The van der Waals surface area contributed by atoms with Gasteiger partial charge in [-0.05, 0) is 83.3 Å². The molecule has 0 aliphatic heterocycles. The molecule has 33 heavy (non-hydrogen) atoms. The summed E-state index contributed by atoms with van der Waals surface area (Å²) in [5.41, 5.74) is 3.37. The molecule has 0 saturated heterocycles. The fourth-order valence-corrected chi connectivity index (χ4v) is 4.16. The number of fused-ring (bicyclic) bond motifs is 1. The minimum absolute atomic E-state index is 0.00829. The molecular formula is C28H26FNO3. The molecule has 0 saturated carbocycles. The summed E-state index contributed by atoms with van der Waals surface area (Å²) in [6.07, 6.45) is 0. The Labute approximate surface area is 192 Å². The summed E-state index contributed by atoms with van der Waals surface area (Å²) in [4.78, 5) is 11.5. The largest absolute Gasteiger partial charge is 0.497 e. The van der Waals surface area contributed by atoms with Crippen molar-refractivity contribution in [3.63, 3.8) is 0 Å². The Morgan fingerprint density at radius 1 is 0.909 bits per heavy atom. The smallest absolute Gasteiger partial charge is 0.338 e. The molecule has 0 aliphatic rings. The first-order valence-electron chi connectivity index (χ1n) is 10.8. The van der Waals surface area contributed by atoms with Crippen LogP contribution in [0.5, 0.6) is 5.75 Å². The van der Waals surface area contributed by atoms with E-state index >= 15 is 0 Å². The van der Waals surface area contributed by atoms with E-state index in [2.05, 4.69) is 37.4 Å². The maximum Gasteiger partial charge on any atom is 0.338 e. The lowest BCUT2D eigenvalue weighted by Gasteiger charge is -2.22. The number of methoxy groups -OCH3 is 1. The van der Waals surface area contributed by atoms with Crippen LogP contribution in [0, 0.1) is 5.82 Å². The van der Waals surface area contributed by atoms with Gasteiger partial charge in [0.15, 0.2) is 0 Å². The third-order valence-corrected chi connectivity index (χ3v) is 5.99. The summed E-state index contributed by atoms with van der Waals surface area (Å²) in [6.45, 7) is 4.20. The van der Waals surface area contributed by atoms with E-state index in [1.54, 1.807) is 13.2 Å². The summed E-state index contributed by atoms with van der Waals surface area (Å²) < 4.78 is 19.4. The van der Waals surface area contributed by atoms with Gasteiger partial charge in [0.2, 0.25) is 0 Å². The second kappa shape index (κ2) is 9.43. The summed E-state index contributed by atoms with van der Waals surface area (Å²) in [7, 11) is 1.65. The highest BCUT2D eigenvalue weighted by molar-refractivity contribution is 5.99. The summed E-state index contributed by atoms with van der Waals surface area (Å²) >= 11 is 0. The fraction of sp³-hybridized carbons (Fsp3) is 0.179. The molecule has 4 aromatic carbocycles. The lowest BCUT2D eigenvalue weighted by atomic mass is 9.92. The van der Waals surface area contributed by atoms with E-state index < -0.39 is 11.8 Å². The van der Waals surface area contributed by atoms with Gasteiger partial charge in [-0.2, -0.15) is 0 Å². The quantitative estimate of drug-likeness (QED) is 0.331. The molecule has 0 aromatic heterocycles. The Kier molecular flexibility index (Phi) is 6.43. The molecule has 2 atom stereocenters. The lowest BCUT2D eigenvalue weighted by molar-refractivity contribution is 0.0692.